The summed E-state index contributed by atoms with van der Waals surface area (Å²) in [7, 11) is 8.59. The number of methoxy groups -OCH3 is 1. The van der Waals surface area contributed by atoms with E-state index in [2.05, 4.69) is 46.9 Å². The summed E-state index contributed by atoms with van der Waals surface area (Å²) in [6, 6.07) is -0.481. The number of benzene rings is 1. The van der Waals surface area contributed by atoms with Gasteiger partial charge in [-0.2, -0.15) is 4.73 Å². The maximum Gasteiger partial charge on any atom is 0.358 e. The first-order valence-corrected chi connectivity index (χ1v) is 36.6. The smallest absolute Gasteiger partial charge is 0.358 e. The average molecular weight is 1530 g/mol. The van der Waals surface area contributed by atoms with Crippen LogP contribution in [0.15, 0.2) is 56.9 Å². The fourth-order valence-electron chi connectivity index (χ4n) is 12.5. The Morgan fingerprint density at radius 1 is 0.846 bits per heavy atom. The summed E-state index contributed by atoms with van der Waals surface area (Å²) < 4.78 is 38.3. The van der Waals surface area contributed by atoms with Crippen LogP contribution >= 0.6 is 56.7 Å². The van der Waals surface area contributed by atoms with Crippen LogP contribution < -0.4 is 37.6 Å². The number of aromatic nitrogens is 7. The zero-order chi connectivity index (χ0) is 74.3. The molecule has 1 fully saturated rings. The maximum absolute atomic E-state index is 15.2. The highest BCUT2D eigenvalue weighted by atomic mass is 32.1. The van der Waals surface area contributed by atoms with Crippen molar-refractivity contribution in [3.8, 4) is 38.4 Å². The highest BCUT2D eigenvalue weighted by molar-refractivity contribution is 7.14. The van der Waals surface area contributed by atoms with E-state index in [1.165, 1.54) is 60.0 Å². The molecule has 0 radical (unpaired) electrons. The number of primary amides is 1. The molecular formula is C65H72N16O18S5. The van der Waals surface area contributed by atoms with Crippen molar-refractivity contribution in [1.29, 1.82) is 0 Å². The maximum atomic E-state index is 15.2. The molecule has 34 nitrogen and oxygen atoms in total. The van der Waals surface area contributed by atoms with E-state index in [-0.39, 0.29) is 111 Å². The number of aliphatic hydroxyl groups excluding tert-OH is 1. The number of fused-ring (bicyclic) bond motifs is 15. The molecule has 0 spiro atoms. The number of cyclic esters (lactones) is 2. The van der Waals surface area contributed by atoms with Crippen LogP contribution in [-0.4, -0.2) is 228 Å². The molecular weight excluding hydrogens is 1450 g/mol. The number of ether oxygens (including phenoxy) is 6. The second-order valence-corrected chi connectivity index (χ2v) is 29.8. The van der Waals surface area contributed by atoms with Gasteiger partial charge in [-0.05, 0) is 73.6 Å². The molecule has 6 amide bonds. The number of carbonyl (C=O) groups is 8. The summed E-state index contributed by atoms with van der Waals surface area (Å²) in [4.78, 5) is 148. The van der Waals surface area contributed by atoms with Crippen LogP contribution in [0.4, 0.5) is 0 Å². The van der Waals surface area contributed by atoms with E-state index in [1.54, 1.807) is 45.0 Å². The molecule has 7 aromatic heterocycles. The molecule has 11 atom stereocenters. The van der Waals surface area contributed by atoms with Gasteiger partial charge < -0.3 is 96.4 Å². The predicted molar refractivity (Wildman–Crippen MR) is 376 cm³/mol. The first-order chi connectivity index (χ1) is 49.6. The third-order valence-electron chi connectivity index (χ3n) is 17.5. The number of thiazole rings is 5. The molecule has 4 aliphatic rings. The van der Waals surface area contributed by atoms with Crippen molar-refractivity contribution in [2.24, 2.45) is 5.73 Å². The number of nitrogens with zero attached hydrogens (tertiary/aromatic N) is 9. The van der Waals surface area contributed by atoms with Crippen LogP contribution in [0.25, 0.3) is 49.3 Å². The molecule has 0 aliphatic carbocycles. The molecule has 0 saturated carbocycles. The zero-order valence-electron chi connectivity index (χ0n) is 57.1. The summed E-state index contributed by atoms with van der Waals surface area (Å²) in [5, 5.41) is 71.3. The number of esters is 2. The van der Waals surface area contributed by atoms with Crippen LogP contribution in [0.2, 0.25) is 0 Å². The molecule has 12 rings (SSSR count). The molecule has 4 aliphatic heterocycles. The molecule has 1 unspecified atom stereocenters. The highest BCUT2D eigenvalue weighted by Crippen LogP contribution is 2.43. The molecule has 1 aromatic carbocycles. The molecule has 550 valence electrons. The Balaban J connectivity index is 1.01. The van der Waals surface area contributed by atoms with Crippen LogP contribution in [0, 0.1) is 0 Å². The number of nitrogens with two attached hydrogens (primary N) is 1. The number of carbonyl (C=O) groups excluding carboxylic acids is 8. The zero-order valence-corrected chi connectivity index (χ0v) is 61.1. The van der Waals surface area contributed by atoms with E-state index in [0.29, 0.717) is 23.4 Å². The molecule has 1 saturated heterocycles. The summed E-state index contributed by atoms with van der Waals surface area (Å²) in [6.45, 7) is 5.37. The van der Waals surface area contributed by atoms with Gasteiger partial charge >= 0.3 is 11.9 Å². The van der Waals surface area contributed by atoms with Gasteiger partial charge in [0.05, 0.1) is 43.1 Å². The van der Waals surface area contributed by atoms with Crippen molar-refractivity contribution in [2.45, 2.75) is 114 Å². The fourth-order valence-corrected chi connectivity index (χ4v) is 16.7. The summed E-state index contributed by atoms with van der Waals surface area (Å²) in [5.41, 5.74) is 2.92. The second kappa shape index (κ2) is 30.8. The van der Waals surface area contributed by atoms with Crippen molar-refractivity contribution >= 4 is 121 Å². The lowest BCUT2D eigenvalue weighted by Gasteiger charge is -2.48. The number of hydrogen-bond acceptors (Lipinski definition) is 32. The van der Waals surface area contributed by atoms with Crippen LogP contribution in [0.1, 0.15) is 125 Å². The lowest BCUT2D eigenvalue weighted by atomic mass is 9.85. The van der Waals surface area contributed by atoms with E-state index < -0.39 is 145 Å². The van der Waals surface area contributed by atoms with Gasteiger partial charge in [0.2, 0.25) is 11.8 Å². The van der Waals surface area contributed by atoms with Crippen molar-refractivity contribution in [2.75, 3.05) is 61.5 Å². The van der Waals surface area contributed by atoms with Crippen LogP contribution in [0.3, 0.4) is 0 Å². The molecule has 11 heterocycles. The first-order valence-electron chi connectivity index (χ1n) is 32.2. The summed E-state index contributed by atoms with van der Waals surface area (Å²) in [5.74, 6) is -7.97. The van der Waals surface area contributed by atoms with Gasteiger partial charge in [-0.25, -0.2) is 39.5 Å². The van der Waals surface area contributed by atoms with E-state index in [4.69, 9.17) is 49.1 Å². The Labute approximate surface area is 611 Å². The van der Waals surface area contributed by atoms with Gasteiger partial charge in [0.25, 0.3) is 23.6 Å². The monoisotopic (exact) mass is 1520 g/mol. The van der Waals surface area contributed by atoms with Crippen molar-refractivity contribution in [3.05, 3.63) is 112 Å². The Hall–Kier alpha value is -9.36. The normalized spacial score (nSPS) is 23.7. The lowest BCUT2D eigenvalue weighted by molar-refractivity contribution is -0.280. The number of amides is 6. The highest BCUT2D eigenvalue weighted by Gasteiger charge is 2.50. The second-order valence-electron chi connectivity index (χ2n) is 25.5. The van der Waals surface area contributed by atoms with Crippen LogP contribution in [-0.2, 0) is 56.0 Å². The van der Waals surface area contributed by atoms with Crippen molar-refractivity contribution < 1.29 is 87.3 Å². The number of aliphatic hydroxyl groups is 2. The number of pyridine rings is 1. The fraction of sp³-hybridized carbons (Fsp3) is 0.415. The summed E-state index contributed by atoms with van der Waals surface area (Å²) in [6.07, 6.45) is -7.57. The Morgan fingerprint density at radius 2 is 1.52 bits per heavy atom. The molecule has 12 N–H and O–H groups in total. The Kier molecular flexibility index (Phi) is 22.0. The number of nitrogens with one attached hydrogen (secondary N) is 6. The molecule has 39 heteroatoms. The van der Waals surface area contributed by atoms with E-state index in [0.717, 1.165) is 56.7 Å². The topological polar surface area (TPSA) is 460 Å². The number of likely N-dealkylation sites (N-methyl/N-ethyl adjacent to an activating group) is 2. The third-order valence-corrected chi connectivity index (χ3v) is 22.0. The quantitative estimate of drug-likeness (QED) is 0.0323. The largest absolute Gasteiger partial charge is 0.506 e. The van der Waals surface area contributed by atoms with Crippen molar-refractivity contribution in [3.63, 3.8) is 0 Å². The van der Waals surface area contributed by atoms with E-state index in [9.17, 15) is 39.7 Å². The minimum atomic E-state index is -1.92. The SMILES string of the molecule is CO/C(C)=C1/NC(=O)[C@H]([C@@H](C)O)NC(=O)c2csc(n2)-c2cc(O)c(-c3nc(C(=O)NC(CNCCN(C)C)C(N)=O)cs3)nc2-c2csc(n2)[C@@H]2COC(=O)c3c4c5c(cccc5n3O)COC(=O)[C@@H](O[C@H]3C[C@](C)(O)[C@H](N(C)C)[C@H](C)O3)[C@@H](OC4)[C@H](NC(=O)c3csc1n3)c1nc(cs1)C(=O)N2. The minimum absolute atomic E-state index is 0.0106. The van der Waals surface area contributed by atoms with Crippen LogP contribution in [0.5, 0.6) is 5.75 Å². The first kappa shape index (κ1) is 74.4. The summed E-state index contributed by atoms with van der Waals surface area (Å²) >= 11 is 4.52. The predicted octanol–water partition coefficient (Wildman–Crippen LogP) is 2.90. The van der Waals surface area contributed by atoms with Crippen molar-refractivity contribution in [1.82, 2.24) is 76.3 Å². The van der Waals surface area contributed by atoms with Gasteiger partial charge in [-0.3, -0.25) is 28.8 Å². The molecule has 104 heavy (non-hydrogen) atoms. The number of hydrogen-bond donors (Lipinski definition) is 11. The third kappa shape index (κ3) is 15.4. The van der Waals surface area contributed by atoms with Gasteiger partial charge in [-0.1, -0.05) is 12.1 Å². The number of rotatable bonds is 14. The van der Waals surface area contributed by atoms with Gasteiger partial charge in [-0.15, -0.1) is 56.7 Å². The van der Waals surface area contributed by atoms with E-state index in [1.807, 2.05) is 19.0 Å². The Morgan fingerprint density at radius 3 is 2.23 bits per heavy atom. The number of aromatic hydroxyl groups is 1. The van der Waals surface area contributed by atoms with Gasteiger partial charge in [0, 0.05) is 69.5 Å². The average Bonchev–Trinajstić information content (AvgIpc) is 1.57. The van der Waals surface area contributed by atoms with E-state index >= 15 is 19.2 Å². The number of allylic oxidation sites excluding steroid dienone is 1. The lowest BCUT2D eigenvalue weighted by Crippen LogP contribution is -2.62. The standard InChI is InChI=1S/C65H72N16O18S5/c1-26(82)43-57(89)77-44(27(2)94-9)60-72-38(25-102-60)56(88)78-47-49-50(99-41-16-65(4,92)51(80(7)8)28(3)98-41)64(91)96-18-29-11-10-12-39-42(29)31(19-95-49)48(81(39)93)63(90)97-20-33(69-54(86)36-24-104-62(47)74-36)59-70-34(21-101-59)45-30(58-71-37(22-100-58)55(87)76-43)15-40(83)46(75-45)61-73-35(23-103-61)53(85)68-32(52(66)84)17-67-13-14-79(5)6/h10-12,15,21-26,28,32-33,41,43,47,49-51,67,82-83,92-93H,13-14,16-20H2,1-9H3,(H2,66,84)(H,68,85)(H,69,86)(H,76,87)(H,77,89)(H,78,88)/b44-27+/t26-,28+,32?,33+,41+,43+,47+,49+,50+,51-,65+/m1/s1. The Bertz CT molecular complexity index is 4690. The molecule has 8 aromatic rings. The van der Waals surface area contributed by atoms with Gasteiger partial charge in [0.1, 0.15) is 126 Å². The van der Waals surface area contributed by atoms with Gasteiger partial charge in [0.15, 0.2) is 18.1 Å². The molecule has 12 bridgehead atoms. The minimum Gasteiger partial charge on any atom is -0.506 e.